The molecular formula is C26H36ClN7O3. The number of hydrogen-bond donors (Lipinski definition) is 2. The minimum atomic E-state index is -0.833. The molecule has 5 rings (SSSR count). The summed E-state index contributed by atoms with van der Waals surface area (Å²) < 4.78 is 8.30. The topological polar surface area (TPSA) is 122 Å². The molecule has 0 saturated carbocycles. The van der Waals surface area contributed by atoms with Crippen LogP contribution < -0.4 is 5.73 Å². The number of aromatic nitrogens is 2. The van der Waals surface area contributed by atoms with Gasteiger partial charge in [-0.2, -0.15) is 5.10 Å². The highest BCUT2D eigenvalue weighted by atomic mass is 35.5. The van der Waals surface area contributed by atoms with E-state index in [-0.39, 0.29) is 6.10 Å². The molecule has 3 aliphatic heterocycles. The monoisotopic (exact) mass is 529 g/mol. The van der Waals surface area contributed by atoms with Gasteiger partial charge in [0, 0.05) is 56.4 Å². The van der Waals surface area contributed by atoms with Crippen LogP contribution in [-0.4, -0.2) is 80.7 Å². The Morgan fingerprint density at radius 2 is 1.89 bits per heavy atom. The summed E-state index contributed by atoms with van der Waals surface area (Å²) in [5.74, 6) is 0.782. The number of nitrogens with two attached hydrogens (primary N) is 1. The van der Waals surface area contributed by atoms with Crippen LogP contribution in [0.5, 0.6) is 0 Å². The van der Waals surface area contributed by atoms with E-state index in [1.807, 2.05) is 23.9 Å². The van der Waals surface area contributed by atoms with Gasteiger partial charge in [-0.1, -0.05) is 23.7 Å². The zero-order chi connectivity index (χ0) is 26.5. The lowest BCUT2D eigenvalue weighted by Crippen LogP contribution is -2.55. The molecule has 0 amide bonds. The van der Waals surface area contributed by atoms with Gasteiger partial charge in [0.2, 0.25) is 0 Å². The van der Waals surface area contributed by atoms with Crippen molar-refractivity contribution in [1.82, 2.24) is 19.6 Å². The molecule has 4 heterocycles. The van der Waals surface area contributed by atoms with Gasteiger partial charge < -0.3 is 20.5 Å². The summed E-state index contributed by atoms with van der Waals surface area (Å²) in [6.07, 6.45) is 3.79. The molecular weight excluding hydrogens is 494 g/mol. The quantitative estimate of drug-likeness (QED) is 0.624. The summed E-state index contributed by atoms with van der Waals surface area (Å²) in [7, 11) is 1.99. The maximum Gasteiger partial charge on any atom is 0.300 e. The molecule has 200 valence electrons. The minimum absolute atomic E-state index is 0.00296. The van der Waals surface area contributed by atoms with Gasteiger partial charge in [0.1, 0.15) is 17.8 Å². The summed E-state index contributed by atoms with van der Waals surface area (Å²) in [5.41, 5.74) is 9.29. The molecule has 0 unspecified atom stereocenters. The number of benzene rings is 1. The zero-order valence-electron chi connectivity index (χ0n) is 21.7. The standard InChI is InChI=1S/C24H32ClN7O.C2H4O2/c1-16-11-21(29-30(16)2)22-14-32(20(15-33-22)12-17-3-5-18(25)6-4-17)19-7-9-31(10-8-19)24-13-23(26)27-28-24;1-2(3)4/h3-6,11,19-20,22H,7-10,12-15H2,1-2H3,(H2,26,27);1H3,(H,3,4)/t20-,22+;/m0./s1. The van der Waals surface area contributed by atoms with E-state index in [4.69, 9.17) is 37.1 Å². The van der Waals surface area contributed by atoms with Crippen molar-refractivity contribution in [3.63, 3.8) is 0 Å². The van der Waals surface area contributed by atoms with Gasteiger partial charge >= 0.3 is 0 Å². The zero-order valence-corrected chi connectivity index (χ0v) is 22.4. The molecule has 3 N–H and O–H groups in total. The summed E-state index contributed by atoms with van der Waals surface area (Å²) in [6, 6.07) is 11.2. The third-order valence-corrected chi connectivity index (χ3v) is 7.37. The van der Waals surface area contributed by atoms with Crippen LogP contribution in [0.2, 0.25) is 5.02 Å². The first-order valence-electron chi connectivity index (χ1n) is 12.6. The second-order valence-electron chi connectivity index (χ2n) is 9.86. The lowest BCUT2D eigenvalue weighted by atomic mass is 9.95. The molecule has 10 nitrogen and oxygen atoms in total. The molecule has 2 atom stereocenters. The first kappa shape index (κ1) is 27.1. The van der Waals surface area contributed by atoms with Crippen LogP contribution in [0.4, 0.5) is 0 Å². The molecule has 1 aromatic carbocycles. The van der Waals surface area contributed by atoms with E-state index < -0.39 is 5.97 Å². The number of ether oxygens (including phenoxy) is 1. The first-order chi connectivity index (χ1) is 17.7. The van der Waals surface area contributed by atoms with Gasteiger partial charge in [-0.15, -0.1) is 10.2 Å². The van der Waals surface area contributed by atoms with Crippen LogP contribution in [0.3, 0.4) is 0 Å². The van der Waals surface area contributed by atoms with Gasteiger partial charge in [0.15, 0.2) is 0 Å². The summed E-state index contributed by atoms with van der Waals surface area (Å²) in [6.45, 7) is 6.67. The number of carboxylic acid groups (broad SMARTS) is 1. The summed E-state index contributed by atoms with van der Waals surface area (Å²) >= 11 is 6.11. The van der Waals surface area contributed by atoms with E-state index in [1.54, 1.807) is 0 Å². The number of aliphatic carboxylic acids is 1. The SMILES string of the molecule is CC(=O)O.Cc1cc([C@H]2CN(C3CCN(C4=NN=C(N)C4)CC3)[C@@H](Cc3ccc(Cl)cc3)CO2)nn1C. The van der Waals surface area contributed by atoms with Crippen molar-refractivity contribution >= 4 is 29.2 Å². The van der Waals surface area contributed by atoms with Crippen LogP contribution in [0.25, 0.3) is 0 Å². The van der Waals surface area contributed by atoms with E-state index in [0.29, 0.717) is 30.9 Å². The maximum absolute atomic E-state index is 9.00. The van der Waals surface area contributed by atoms with Crippen molar-refractivity contribution in [3.05, 3.63) is 52.3 Å². The number of piperidine rings is 1. The predicted molar refractivity (Wildman–Crippen MR) is 144 cm³/mol. The molecule has 3 aliphatic rings. The third kappa shape index (κ3) is 7.09. The number of amidine groups is 2. The van der Waals surface area contributed by atoms with E-state index in [2.05, 4.69) is 45.1 Å². The second kappa shape index (κ2) is 12.1. The van der Waals surface area contributed by atoms with Crippen LogP contribution in [-0.2, 0) is 23.0 Å². The number of hydrogen-bond acceptors (Lipinski definition) is 8. The number of aryl methyl sites for hydroxylation is 2. The van der Waals surface area contributed by atoms with Crippen molar-refractivity contribution in [1.29, 1.82) is 0 Å². The Kier molecular flexibility index (Phi) is 8.83. The average molecular weight is 530 g/mol. The smallest absolute Gasteiger partial charge is 0.300 e. The van der Waals surface area contributed by atoms with Crippen LogP contribution in [0.1, 0.15) is 49.2 Å². The third-order valence-electron chi connectivity index (χ3n) is 7.11. The summed E-state index contributed by atoms with van der Waals surface area (Å²) in [5, 5.41) is 21.2. The number of morpholine rings is 1. The van der Waals surface area contributed by atoms with Crippen molar-refractivity contribution in [2.75, 3.05) is 26.2 Å². The number of likely N-dealkylation sites (tertiary alicyclic amines) is 1. The number of nitrogens with zero attached hydrogens (tertiary/aromatic N) is 6. The van der Waals surface area contributed by atoms with E-state index in [0.717, 1.165) is 68.1 Å². The molecule has 2 aromatic rings. The molecule has 2 fully saturated rings. The minimum Gasteiger partial charge on any atom is -0.481 e. The van der Waals surface area contributed by atoms with Crippen molar-refractivity contribution in [2.24, 2.45) is 23.0 Å². The summed E-state index contributed by atoms with van der Waals surface area (Å²) in [4.78, 5) is 14.0. The van der Waals surface area contributed by atoms with Gasteiger partial charge in [-0.3, -0.25) is 14.4 Å². The number of carbonyl (C=O) groups is 1. The van der Waals surface area contributed by atoms with Crippen molar-refractivity contribution in [2.45, 2.75) is 57.7 Å². The predicted octanol–water partition coefficient (Wildman–Crippen LogP) is 3.00. The molecule has 37 heavy (non-hydrogen) atoms. The Bertz CT molecular complexity index is 1120. The van der Waals surface area contributed by atoms with E-state index in [9.17, 15) is 0 Å². The first-order valence-corrected chi connectivity index (χ1v) is 13.0. The molecule has 2 saturated heterocycles. The van der Waals surface area contributed by atoms with Crippen LogP contribution in [0, 0.1) is 6.92 Å². The van der Waals surface area contributed by atoms with Crippen LogP contribution in [0.15, 0.2) is 40.5 Å². The van der Waals surface area contributed by atoms with Gasteiger partial charge in [-0.25, -0.2) is 0 Å². The Balaban J connectivity index is 0.000000747. The highest BCUT2D eigenvalue weighted by molar-refractivity contribution is 6.30. The van der Waals surface area contributed by atoms with Gasteiger partial charge in [0.05, 0.1) is 18.7 Å². The van der Waals surface area contributed by atoms with E-state index in [1.165, 1.54) is 5.56 Å². The molecule has 0 bridgehead atoms. The Hall–Kier alpha value is -2.95. The highest BCUT2D eigenvalue weighted by Crippen LogP contribution is 2.31. The lowest BCUT2D eigenvalue weighted by molar-refractivity contribution is -0.134. The molecule has 11 heteroatoms. The fourth-order valence-electron chi connectivity index (χ4n) is 5.14. The van der Waals surface area contributed by atoms with E-state index >= 15 is 0 Å². The fourth-order valence-corrected chi connectivity index (χ4v) is 5.27. The molecule has 0 aliphatic carbocycles. The Labute approximate surface area is 222 Å². The molecule has 0 spiro atoms. The largest absolute Gasteiger partial charge is 0.481 e. The van der Waals surface area contributed by atoms with Crippen molar-refractivity contribution < 1.29 is 14.6 Å². The fraction of sp³-hybridized carbons (Fsp3) is 0.538. The van der Waals surface area contributed by atoms with Crippen molar-refractivity contribution in [3.8, 4) is 0 Å². The van der Waals surface area contributed by atoms with Gasteiger partial charge in [-0.05, 0) is 49.9 Å². The Morgan fingerprint density at radius 1 is 1.22 bits per heavy atom. The highest BCUT2D eigenvalue weighted by Gasteiger charge is 2.37. The Morgan fingerprint density at radius 3 is 2.46 bits per heavy atom. The van der Waals surface area contributed by atoms with Crippen LogP contribution >= 0.6 is 11.6 Å². The lowest BCUT2D eigenvalue weighted by Gasteiger charge is -2.46. The number of halogens is 1. The maximum atomic E-state index is 9.00. The van der Waals surface area contributed by atoms with Gasteiger partial charge in [0.25, 0.3) is 5.97 Å². The number of carboxylic acids is 1. The second-order valence-corrected chi connectivity index (χ2v) is 10.3. The average Bonchev–Trinajstić information content (AvgIpc) is 3.45. The molecule has 1 aromatic heterocycles. The normalized spacial score (nSPS) is 22.8. The number of rotatable bonds is 4. The molecule has 0 radical (unpaired) electrons.